The van der Waals surface area contributed by atoms with E-state index in [1.807, 2.05) is 231 Å². The monoisotopic (exact) mass is 2540 g/mol. The molecule has 12 aromatic carbocycles. The summed E-state index contributed by atoms with van der Waals surface area (Å²) >= 11 is 0. The summed E-state index contributed by atoms with van der Waals surface area (Å²) in [6, 6.07) is 131. The average Bonchev–Trinajstić information content (AvgIpc) is 1.65. The van der Waals surface area contributed by atoms with E-state index < -0.39 is 27.4 Å². The average molecular weight is 2540 g/mol. The van der Waals surface area contributed by atoms with E-state index in [-0.39, 0.29) is 103 Å². The first-order chi connectivity index (χ1) is 71.4. The van der Waals surface area contributed by atoms with Gasteiger partial charge in [0.2, 0.25) is 0 Å². The molecule has 0 aliphatic carbocycles. The summed E-state index contributed by atoms with van der Waals surface area (Å²) in [6.45, 7) is 4.38. The zero-order valence-corrected chi connectivity index (χ0v) is 86.3. The van der Waals surface area contributed by atoms with Gasteiger partial charge in [-0.3, -0.25) is 0 Å². The van der Waals surface area contributed by atoms with Crippen LogP contribution in [0.5, 0.6) is 0 Å². The Morgan fingerprint density at radius 1 is 0.250 bits per heavy atom. The summed E-state index contributed by atoms with van der Waals surface area (Å²) < 4.78 is 110. The van der Waals surface area contributed by atoms with Gasteiger partial charge >= 0.3 is 0 Å². The van der Waals surface area contributed by atoms with Crippen LogP contribution in [-0.2, 0) is 86.8 Å². The van der Waals surface area contributed by atoms with Crippen LogP contribution in [0.2, 0.25) is 0 Å². The van der Waals surface area contributed by atoms with Crippen molar-refractivity contribution in [2.45, 2.75) is 81.3 Å². The number of aryl methyl sites for hydroxylation is 8. The van der Waals surface area contributed by atoms with Gasteiger partial charge in [0.05, 0.1) is 22.3 Å². The number of hydrogen-bond acceptors (Lipinski definition) is 12. The number of nitrogens with zero attached hydrogens (tertiary/aromatic N) is 8. The minimum atomic E-state index is -2.09. The molecule has 0 bridgehead atoms. The van der Waals surface area contributed by atoms with Gasteiger partial charge in [0.15, 0.2) is 0 Å². The van der Waals surface area contributed by atoms with Crippen molar-refractivity contribution in [3.63, 3.8) is 0 Å². The molecular formula is C124H96Ir4N8O4-8. The van der Waals surface area contributed by atoms with Crippen LogP contribution < -0.4 is 0 Å². The van der Waals surface area contributed by atoms with Crippen LogP contribution in [0.4, 0.5) is 0 Å². The molecule has 4 radical (unpaired) electrons. The SMILES string of the molecule is CC(C)c1ccnc(-c2[c-]cc3c(c2)oc2ccccc23)c1.CCc1ccnc(-c2[c-]cc3c(c2)oc2ccccc23)c1.Cc1ccnc(-c2[c-]cc3c(c2)oc2ccccc23)c1.Cc1cnc(-c2[c-]cc3c(c2)oc2ccccc23)cc1C.[2H]C([2H])([2H])c1ccc(-c2[c-]cccc2)nc1.[2H]C([2H])([2H])c1ccc(-c2[c-]cccc2)nc1.[2H]C([2H])([2H])c1ccc(-c2[c-]cccc2)nc1.[2H]C([2H])([2H])c1ccc(-c2[c-]cccc2)nc1.[Ir].[Ir].[Ir].[Ir]. The van der Waals surface area contributed by atoms with Gasteiger partial charge < -0.3 is 57.5 Å². The molecule has 0 unspecified atom stereocenters. The Labute approximate surface area is 888 Å². The Morgan fingerprint density at radius 3 is 0.843 bits per heavy atom. The van der Waals surface area contributed by atoms with E-state index in [9.17, 15) is 0 Å². The van der Waals surface area contributed by atoms with Crippen LogP contribution in [0.25, 0.3) is 178 Å². The van der Waals surface area contributed by atoms with Crippen LogP contribution in [0.3, 0.4) is 0 Å². The van der Waals surface area contributed by atoms with E-state index in [2.05, 4.69) is 185 Å². The quantitative estimate of drug-likeness (QED) is 0.120. The first kappa shape index (κ1) is 87.2. The summed E-state index contributed by atoms with van der Waals surface area (Å²) in [5.41, 5.74) is 28.3. The molecule has 0 saturated heterocycles. The van der Waals surface area contributed by atoms with Crippen LogP contribution in [-0.4, -0.2) is 39.9 Å². The zero-order chi connectivity index (χ0) is 104. The summed E-state index contributed by atoms with van der Waals surface area (Å²) in [5, 5.41) is 8.90. The van der Waals surface area contributed by atoms with Gasteiger partial charge in [0.1, 0.15) is 22.3 Å². The third-order valence-corrected chi connectivity index (χ3v) is 22.3. The van der Waals surface area contributed by atoms with Crippen LogP contribution in [0.1, 0.15) is 93.2 Å². The molecule has 24 aromatic rings. The van der Waals surface area contributed by atoms with Gasteiger partial charge in [0.25, 0.3) is 0 Å². The van der Waals surface area contributed by atoms with Crippen molar-refractivity contribution in [1.82, 2.24) is 39.9 Å². The van der Waals surface area contributed by atoms with Crippen LogP contribution in [0.15, 0.2) is 401 Å². The van der Waals surface area contributed by atoms with Crippen molar-refractivity contribution >= 4 is 87.8 Å². The Bertz CT molecular complexity index is 8270. The van der Waals surface area contributed by atoms with E-state index in [1.54, 1.807) is 72.8 Å². The van der Waals surface area contributed by atoms with Gasteiger partial charge in [-0.05, 0) is 198 Å². The molecule has 0 atom stereocenters. The fraction of sp³-hybridized carbons (Fsp3) is 0.0968. The number of pyridine rings is 8. The molecule has 700 valence electrons. The first-order valence-corrected chi connectivity index (χ1v) is 44.2. The summed E-state index contributed by atoms with van der Waals surface area (Å²) in [5.74, 6) is 0.483. The van der Waals surface area contributed by atoms with Crippen molar-refractivity contribution in [3.05, 3.63) is 482 Å². The number of rotatable bonds is 10. The smallest absolute Gasteiger partial charge is 0.123 e. The van der Waals surface area contributed by atoms with E-state index in [1.165, 1.54) is 52.6 Å². The molecule has 12 heterocycles. The van der Waals surface area contributed by atoms with Crippen molar-refractivity contribution in [3.8, 4) is 90.1 Å². The standard InChI is InChI=1S/C20H16NO.2C19H14NO.C18H12NO.4C12H10N.4Ir/c1-13(2)14-9-10-21-18(11-14)15-7-8-17-16-5-3-4-6-19(16)22-20(17)12-15;1-12-9-17(20-11-13(12)2)14-7-8-16-15-5-3-4-6-18(15)21-19(16)10-14;1-2-13-9-10-20-17(11-13)14-7-8-16-15-5-3-4-6-18(15)21-19(16)12-14;1-12-8-9-19-16(10-12)13-6-7-15-14-4-2-3-5-17(14)20-18(15)11-13;4*1-10-7-8-12(13-9-10)11-5-3-2-4-6-11;;;;/h3-6,8-13H,1-2H3;3-6,8-11H,1-2H3;3-6,8-12H,2H2,1H3;2-5,7-11H,1H3;4*2-5,7-9H,1H3;;;;/q8*-1;;;;/i;;;;4*1D3;;;;. The fourth-order valence-electron chi connectivity index (χ4n) is 14.9. The van der Waals surface area contributed by atoms with Gasteiger partial charge in [-0.1, -0.05) is 234 Å². The van der Waals surface area contributed by atoms with E-state index in [0.29, 0.717) is 5.92 Å². The molecule has 16 heteroatoms. The van der Waals surface area contributed by atoms with E-state index in [4.69, 9.17) is 34.1 Å². The topological polar surface area (TPSA) is 156 Å². The molecule has 12 aromatic heterocycles. The number of hydrogen-bond donors (Lipinski definition) is 0. The minimum absolute atomic E-state index is 0. The molecule has 0 amide bonds. The molecule has 12 nitrogen and oxygen atoms in total. The Morgan fingerprint density at radius 2 is 0.550 bits per heavy atom. The molecule has 24 rings (SSSR count). The summed E-state index contributed by atoms with van der Waals surface area (Å²) in [4.78, 5) is 34.3. The normalized spacial score (nSPS) is 12.1. The predicted octanol–water partition coefficient (Wildman–Crippen LogP) is 31.8. The third kappa shape index (κ3) is 26.2. The van der Waals surface area contributed by atoms with Crippen LogP contribution in [0, 0.1) is 96.7 Å². The molecule has 0 aliphatic rings. The number of furan rings is 4. The number of fused-ring (bicyclic) bond motifs is 12. The minimum Gasteiger partial charge on any atom is -0.476 e. The fourth-order valence-corrected chi connectivity index (χ4v) is 14.9. The number of para-hydroxylation sites is 4. The second-order valence-corrected chi connectivity index (χ2v) is 32.1. The number of aromatic nitrogens is 8. The number of benzene rings is 12. The van der Waals surface area contributed by atoms with Crippen LogP contribution >= 0.6 is 0 Å². The maximum absolute atomic E-state index is 7.23. The second-order valence-electron chi connectivity index (χ2n) is 32.1. The van der Waals surface area contributed by atoms with Gasteiger partial charge in [-0.25, -0.2) is 0 Å². The molecule has 0 spiro atoms. The summed E-state index contributed by atoms with van der Waals surface area (Å²) in [7, 11) is 0. The maximum Gasteiger partial charge on any atom is 0.123 e. The Balaban J connectivity index is 0.000000144. The molecule has 0 aliphatic heterocycles. The predicted molar refractivity (Wildman–Crippen MR) is 554 cm³/mol. The maximum atomic E-state index is 7.23. The van der Waals surface area contributed by atoms with Gasteiger partial charge in [-0.2, -0.15) is 0 Å². The second kappa shape index (κ2) is 49.8. The van der Waals surface area contributed by atoms with Gasteiger partial charge in [-0.15, -0.1) is 214 Å². The molecule has 0 fully saturated rings. The van der Waals surface area contributed by atoms with Crippen molar-refractivity contribution in [2.24, 2.45) is 0 Å². The summed E-state index contributed by atoms with van der Waals surface area (Å²) in [6.07, 6.45) is 14.0. The largest absolute Gasteiger partial charge is 0.476 e. The zero-order valence-electron chi connectivity index (χ0n) is 88.7. The van der Waals surface area contributed by atoms with Gasteiger partial charge in [0, 0.05) is 146 Å². The molecular weight excluding hydrogens is 2430 g/mol. The van der Waals surface area contributed by atoms with Crippen molar-refractivity contribution in [2.75, 3.05) is 0 Å². The van der Waals surface area contributed by atoms with E-state index in [0.717, 1.165) is 184 Å². The molecule has 0 N–H and O–H groups in total. The Hall–Kier alpha value is -14.4. The third-order valence-electron chi connectivity index (χ3n) is 22.3. The van der Waals surface area contributed by atoms with E-state index >= 15 is 0 Å². The Kier molecular flexibility index (Phi) is 31.0. The first-order valence-electron chi connectivity index (χ1n) is 50.2. The van der Waals surface area contributed by atoms with Crippen molar-refractivity contribution < 1.29 is 115 Å². The van der Waals surface area contributed by atoms with Crippen molar-refractivity contribution in [1.29, 1.82) is 0 Å². The molecule has 0 saturated carbocycles. The molecule has 140 heavy (non-hydrogen) atoms.